The van der Waals surface area contributed by atoms with Gasteiger partial charge in [-0.3, -0.25) is 4.79 Å². The van der Waals surface area contributed by atoms with Crippen LogP contribution >= 0.6 is 0 Å². The van der Waals surface area contributed by atoms with Gasteiger partial charge in [0.15, 0.2) is 0 Å². The van der Waals surface area contributed by atoms with E-state index in [1.165, 1.54) is 12.1 Å². The maximum Gasteiger partial charge on any atom is 0.150 e. The summed E-state index contributed by atoms with van der Waals surface area (Å²) in [6, 6.07) is 5.94. The third-order valence-corrected chi connectivity index (χ3v) is 1.78. The molecule has 0 N–H and O–H groups in total. The van der Waals surface area contributed by atoms with Gasteiger partial charge in [0.1, 0.15) is 18.2 Å². The van der Waals surface area contributed by atoms with Crippen molar-refractivity contribution in [3.8, 4) is 12.1 Å². The molecule has 14 heavy (non-hydrogen) atoms. The summed E-state index contributed by atoms with van der Waals surface area (Å²) < 4.78 is 13.4. The fourth-order valence-electron chi connectivity index (χ4n) is 1.09. The van der Waals surface area contributed by atoms with E-state index in [-0.39, 0.29) is 23.1 Å². The van der Waals surface area contributed by atoms with Crippen molar-refractivity contribution >= 4 is 6.29 Å². The van der Waals surface area contributed by atoms with Crippen LogP contribution in [-0.2, 0) is 6.42 Å². The van der Waals surface area contributed by atoms with Crippen LogP contribution in [0, 0.1) is 28.5 Å². The number of hydrogen-bond donors (Lipinski definition) is 0. The van der Waals surface area contributed by atoms with Gasteiger partial charge in [-0.25, -0.2) is 4.39 Å². The smallest absolute Gasteiger partial charge is 0.150 e. The largest absolute Gasteiger partial charge is 0.298 e. The lowest BCUT2D eigenvalue weighted by atomic mass is 10.0. The van der Waals surface area contributed by atoms with E-state index < -0.39 is 5.82 Å². The second kappa shape index (κ2) is 4.15. The van der Waals surface area contributed by atoms with Crippen LogP contribution in [0.5, 0.6) is 0 Å². The maximum absolute atomic E-state index is 13.4. The quantitative estimate of drug-likeness (QED) is 0.661. The van der Waals surface area contributed by atoms with Crippen LogP contribution in [0.25, 0.3) is 0 Å². The van der Waals surface area contributed by atoms with Crippen molar-refractivity contribution in [1.82, 2.24) is 0 Å². The van der Waals surface area contributed by atoms with Crippen LogP contribution in [0.15, 0.2) is 12.1 Å². The monoisotopic (exact) mass is 188 g/mol. The summed E-state index contributed by atoms with van der Waals surface area (Å²) in [5.74, 6) is -0.779. The first-order chi connectivity index (χ1) is 6.74. The lowest BCUT2D eigenvalue weighted by Crippen LogP contribution is -1.99. The number of rotatable bonds is 2. The van der Waals surface area contributed by atoms with Crippen LogP contribution in [0.3, 0.4) is 0 Å². The number of aldehydes is 1. The Bertz CT molecular complexity index is 454. The molecule has 0 radical (unpaired) electrons. The molecule has 0 fully saturated rings. The molecule has 0 saturated heterocycles. The van der Waals surface area contributed by atoms with Crippen molar-refractivity contribution in [3.63, 3.8) is 0 Å². The van der Waals surface area contributed by atoms with Crippen LogP contribution in [0.1, 0.15) is 21.5 Å². The van der Waals surface area contributed by atoms with Gasteiger partial charge >= 0.3 is 0 Å². The number of hydrogen-bond acceptors (Lipinski definition) is 3. The maximum atomic E-state index is 13.4. The number of carbonyl (C=O) groups is 1. The van der Waals surface area contributed by atoms with Crippen LogP contribution in [0.2, 0.25) is 0 Å². The lowest BCUT2D eigenvalue weighted by Gasteiger charge is -2.02. The van der Waals surface area contributed by atoms with Gasteiger partial charge in [0.05, 0.1) is 18.1 Å². The molecule has 0 aliphatic heterocycles. The second-order valence-electron chi connectivity index (χ2n) is 2.56. The first-order valence-electron chi connectivity index (χ1n) is 3.78. The molecule has 1 aromatic rings. The van der Waals surface area contributed by atoms with Gasteiger partial charge in [-0.2, -0.15) is 10.5 Å². The molecular formula is C10H5FN2O. The minimum atomic E-state index is -0.779. The number of nitrogens with zero attached hydrogens (tertiary/aromatic N) is 2. The van der Waals surface area contributed by atoms with E-state index in [2.05, 4.69) is 0 Å². The van der Waals surface area contributed by atoms with Gasteiger partial charge in [-0.15, -0.1) is 0 Å². The molecular weight excluding hydrogens is 183 g/mol. The average molecular weight is 188 g/mol. The van der Waals surface area contributed by atoms with Crippen molar-refractivity contribution in [2.45, 2.75) is 6.42 Å². The van der Waals surface area contributed by atoms with Gasteiger partial charge in [-0.1, -0.05) is 0 Å². The van der Waals surface area contributed by atoms with Gasteiger partial charge in [-0.05, 0) is 12.1 Å². The fraction of sp³-hybridized carbons (Fsp3) is 0.100. The number of halogens is 1. The SMILES string of the molecule is N#CCc1c(C=O)ccc(C#N)c1F. The van der Waals surface area contributed by atoms with Crippen molar-refractivity contribution in [1.29, 1.82) is 10.5 Å². The molecule has 3 nitrogen and oxygen atoms in total. The first kappa shape index (κ1) is 9.88. The Morgan fingerprint density at radius 3 is 2.64 bits per heavy atom. The Labute approximate surface area is 80.0 Å². The second-order valence-corrected chi connectivity index (χ2v) is 2.56. The van der Waals surface area contributed by atoms with Crippen molar-refractivity contribution in [2.24, 2.45) is 0 Å². The zero-order chi connectivity index (χ0) is 10.6. The molecule has 1 rings (SSSR count). The normalized spacial score (nSPS) is 8.79. The highest BCUT2D eigenvalue weighted by Gasteiger charge is 2.12. The summed E-state index contributed by atoms with van der Waals surface area (Å²) in [6.07, 6.45) is 0.256. The molecule has 0 aliphatic carbocycles. The Morgan fingerprint density at radius 1 is 1.43 bits per heavy atom. The molecule has 68 valence electrons. The zero-order valence-electron chi connectivity index (χ0n) is 7.12. The molecule has 0 spiro atoms. The molecule has 1 aromatic carbocycles. The van der Waals surface area contributed by atoms with Gasteiger partial charge in [0.2, 0.25) is 0 Å². The molecule has 4 heteroatoms. The average Bonchev–Trinajstić information content (AvgIpc) is 2.21. The minimum absolute atomic E-state index is 0.0125. The predicted octanol–water partition coefficient (Wildman–Crippen LogP) is 1.58. The van der Waals surface area contributed by atoms with Crippen molar-refractivity contribution in [3.05, 3.63) is 34.6 Å². The van der Waals surface area contributed by atoms with E-state index in [0.717, 1.165) is 0 Å². The molecule has 0 atom stereocenters. The molecule has 0 aromatic heterocycles. The topological polar surface area (TPSA) is 64.7 Å². The lowest BCUT2D eigenvalue weighted by molar-refractivity contribution is 0.112. The third kappa shape index (κ3) is 1.60. The van der Waals surface area contributed by atoms with E-state index in [1.54, 1.807) is 12.1 Å². The Kier molecular flexibility index (Phi) is 2.93. The molecule has 0 unspecified atom stereocenters. The highest BCUT2D eigenvalue weighted by molar-refractivity contribution is 5.78. The van der Waals surface area contributed by atoms with E-state index in [1.807, 2.05) is 0 Å². The Morgan fingerprint density at radius 2 is 2.14 bits per heavy atom. The first-order valence-corrected chi connectivity index (χ1v) is 3.78. The minimum Gasteiger partial charge on any atom is -0.298 e. The summed E-state index contributed by atoms with van der Waals surface area (Å²) in [6.45, 7) is 0. The highest BCUT2D eigenvalue weighted by atomic mass is 19.1. The van der Waals surface area contributed by atoms with Crippen molar-refractivity contribution in [2.75, 3.05) is 0 Å². The number of carbonyl (C=O) groups excluding carboxylic acids is 1. The Balaban J connectivity index is 3.41. The standard InChI is InChI=1S/C10H5FN2O/c11-10-7(5-13)1-2-8(6-14)9(10)3-4-12/h1-2,6H,3H2. The Hall–Kier alpha value is -2.20. The summed E-state index contributed by atoms with van der Waals surface area (Å²) in [7, 11) is 0. The van der Waals surface area contributed by atoms with Crippen LogP contribution in [-0.4, -0.2) is 6.29 Å². The molecule has 0 bridgehead atoms. The zero-order valence-corrected chi connectivity index (χ0v) is 7.12. The molecule has 0 saturated carbocycles. The summed E-state index contributed by atoms with van der Waals surface area (Å²) in [5, 5.41) is 16.9. The van der Waals surface area contributed by atoms with Crippen LogP contribution in [0.4, 0.5) is 4.39 Å². The van der Waals surface area contributed by atoms with E-state index in [9.17, 15) is 9.18 Å². The van der Waals surface area contributed by atoms with Gasteiger partial charge < -0.3 is 0 Å². The molecule has 0 aliphatic rings. The van der Waals surface area contributed by atoms with Crippen molar-refractivity contribution < 1.29 is 9.18 Å². The van der Waals surface area contributed by atoms with Gasteiger partial charge in [0, 0.05) is 11.1 Å². The molecule has 0 amide bonds. The van der Waals surface area contributed by atoms with Crippen LogP contribution < -0.4 is 0 Å². The van der Waals surface area contributed by atoms with E-state index >= 15 is 0 Å². The number of benzene rings is 1. The molecule has 0 heterocycles. The van der Waals surface area contributed by atoms with E-state index in [4.69, 9.17) is 10.5 Å². The highest BCUT2D eigenvalue weighted by Crippen LogP contribution is 2.16. The summed E-state index contributed by atoms with van der Waals surface area (Å²) in [4.78, 5) is 10.5. The number of nitriles is 2. The summed E-state index contributed by atoms with van der Waals surface area (Å²) >= 11 is 0. The summed E-state index contributed by atoms with van der Waals surface area (Å²) in [5.41, 5.74) is -0.0505. The third-order valence-electron chi connectivity index (χ3n) is 1.78. The van der Waals surface area contributed by atoms with Gasteiger partial charge in [0.25, 0.3) is 0 Å². The fourth-order valence-corrected chi connectivity index (χ4v) is 1.09. The van der Waals surface area contributed by atoms with E-state index in [0.29, 0.717) is 6.29 Å². The predicted molar refractivity (Wildman–Crippen MR) is 45.8 cm³/mol.